The third-order valence-electron chi connectivity index (χ3n) is 4.34. The Morgan fingerprint density at radius 1 is 1.43 bits per heavy atom. The summed E-state index contributed by atoms with van der Waals surface area (Å²) in [6.45, 7) is 6.89. The molecular formula is C17H26N2O2. The van der Waals surface area contributed by atoms with Crippen LogP contribution in [0.5, 0.6) is 0 Å². The van der Waals surface area contributed by atoms with Crippen molar-refractivity contribution < 1.29 is 9.53 Å². The van der Waals surface area contributed by atoms with Crippen LogP contribution in [0.25, 0.3) is 0 Å². The number of hydrogen-bond acceptors (Lipinski definition) is 3. The van der Waals surface area contributed by atoms with E-state index >= 15 is 0 Å². The number of amides is 1. The van der Waals surface area contributed by atoms with Gasteiger partial charge in [0.1, 0.15) is 0 Å². The van der Waals surface area contributed by atoms with Crippen molar-refractivity contribution in [2.75, 3.05) is 33.4 Å². The second-order valence-corrected chi connectivity index (χ2v) is 5.70. The predicted octanol–water partition coefficient (Wildman–Crippen LogP) is 2.20. The summed E-state index contributed by atoms with van der Waals surface area (Å²) in [4.78, 5) is 14.4. The van der Waals surface area contributed by atoms with Crippen molar-refractivity contribution in [3.05, 3.63) is 34.9 Å². The summed E-state index contributed by atoms with van der Waals surface area (Å²) in [6, 6.07) is 6.63. The van der Waals surface area contributed by atoms with Crippen LogP contribution in [-0.4, -0.2) is 44.2 Å². The van der Waals surface area contributed by atoms with Gasteiger partial charge in [0, 0.05) is 20.2 Å². The molecule has 4 heteroatoms. The van der Waals surface area contributed by atoms with E-state index < -0.39 is 0 Å². The van der Waals surface area contributed by atoms with E-state index in [2.05, 4.69) is 37.4 Å². The van der Waals surface area contributed by atoms with Crippen LogP contribution in [0.2, 0.25) is 0 Å². The van der Waals surface area contributed by atoms with Crippen molar-refractivity contribution >= 4 is 5.91 Å². The lowest BCUT2D eigenvalue weighted by Gasteiger charge is -2.27. The number of nitrogens with one attached hydrogen (secondary N) is 1. The molecule has 0 aromatic heterocycles. The minimum atomic E-state index is 0.189. The molecule has 4 nitrogen and oxygen atoms in total. The fraction of sp³-hybridized carbons (Fsp3) is 0.588. The monoisotopic (exact) mass is 290 g/mol. The summed E-state index contributed by atoms with van der Waals surface area (Å²) in [6.07, 6.45) is 2.15. The van der Waals surface area contributed by atoms with Crippen molar-refractivity contribution in [1.29, 1.82) is 0 Å². The molecule has 21 heavy (non-hydrogen) atoms. The lowest BCUT2D eigenvalue weighted by molar-refractivity contribution is -0.131. The maximum Gasteiger partial charge on any atom is 0.237 e. The van der Waals surface area contributed by atoms with Crippen molar-refractivity contribution in [2.24, 2.45) is 0 Å². The number of ether oxygens (including phenoxy) is 1. The summed E-state index contributed by atoms with van der Waals surface area (Å²) in [5, 5.41) is 3.14. The standard InChI is InChI=1S/C17H26N2O2/c1-13-6-4-7-15(14(13)2)16-8-5-10-19(16)17(20)12-18-9-11-21-3/h4,6-7,16,18H,5,8-12H2,1-3H3. The Hall–Kier alpha value is -1.39. The van der Waals surface area contributed by atoms with Crippen molar-refractivity contribution in [3.63, 3.8) is 0 Å². The van der Waals surface area contributed by atoms with E-state index in [0.717, 1.165) is 19.4 Å². The average molecular weight is 290 g/mol. The second-order valence-electron chi connectivity index (χ2n) is 5.70. The first-order chi connectivity index (χ1) is 10.1. The Bertz CT molecular complexity index is 488. The normalized spacial score (nSPS) is 18.2. The Kier molecular flexibility index (Phi) is 5.76. The topological polar surface area (TPSA) is 41.6 Å². The molecule has 0 saturated carbocycles. The number of likely N-dealkylation sites (tertiary alicyclic amines) is 1. The molecule has 1 unspecified atom stereocenters. The van der Waals surface area contributed by atoms with E-state index in [0.29, 0.717) is 19.7 Å². The molecule has 1 fully saturated rings. The summed E-state index contributed by atoms with van der Waals surface area (Å²) in [7, 11) is 1.67. The van der Waals surface area contributed by atoms with Gasteiger partial charge in [0.2, 0.25) is 5.91 Å². The van der Waals surface area contributed by atoms with Crippen LogP contribution in [0.3, 0.4) is 0 Å². The third-order valence-corrected chi connectivity index (χ3v) is 4.34. The molecule has 1 heterocycles. The zero-order valence-electron chi connectivity index (χ0n) is 13.3. The molecule has 1 aromatic carbocycles. The van der Waals surface area contributed by atoms with Gasteiger partial charge in [-0.2, -0.15) is 0 Å². The Labute approximate surface area is 127 Å². The van der Waals surface area contributed by atoms with Gasteiger partial charge in [0.15, 0.2) is 0 Å². The van der Waals surface area contributed by atoms with Gasteiger partial charge < -0.3 is 15.0 Å². The Morgan fingerprint density at radius 3 is 3.00 bits per heavy atom. The van der Waals surface area contributed by atoms with Crippen LogP contribution >= 0.6 is 0 Å². The van der Waals surface area contributed by atoms with Gasteiger partial charge >= 0.3 is 0 Å². The minimum absolute atomic E-state index is 0.189. The first-order valence-electron chi connectivity index (χ1n) is 7.70. The fourth-order valence-electron chi connectivity index (χ4n) is 2.99. The molecule has 1 amide bonds. The van der Waals surface area contributed by atoms with E-state index in [4.69, 9.17) is 4.74 Å². The first kappa shape index (κ1) is 16.0. The molecule has 0 radical (unpaired) electrons. The molecule has 116 valence electrons. The zero-order chi connectivity index (χ0) is 15.2. The highest BCUT2D eigenvalue weighted by Gasteiger charge is 2.30. The van der Waals surface area contributed by atoms with Crippen LogP contribution in [0.15, 0.2) is 18.2 Å². The van der Waals surface area contributed by atoms with Gasteiger partial charge in [-0.1, -0.05) is 18.2 Å². The van der Waals surface area contributed by atoms with Gasteiger partial charge in [-0.3, -0.25) is 4.79 Å². The number of carbonyl (C=O) groups is 1. The second kappa shape index (κ2) is 7.57. The molecular weight excluding hydrogens is 264 g/mol. The number of hydrogen-bond donors (Lipinski definition) is 1. The molecule has 0 bridgehead atoms. The van der Waals surface area contributed by atoms with Gasteiger partial charge in [-0.15, -0.1) is 0 Å². The maximum atomic E-state index is 12.4. The lowest BCUT2D eigenvalue weighted by atomic mass is 9.96. The van der Waals surface area contributed by atoms with Crippen LogP contribution < -0.4 is 5.32 Å². The van der Waals surface area contributed by atoms with Crippen LogP contribution in [-0.2, 0) is 9.53 Å². The molecule has 0 spiro atoms. The van der Waals surface area contributed by atoms with Crippen LogP contribution in [0.4, 0.5) is 0 Å². The fourth-order valence-corrected chi connectivity index (χ4v) is 2.99. The first-order valence-corrected chi connectivity index (χ1v) is 7.70. The summed E-state index contributed by atoms with van der Waals surface area (Å²) >= 11 is 0. The average Bonchev–Trinajstić information content (AvgIpc) is 2.95. The number of methoxy groups -OCH3 is 1. The van der Waals surface area contributed by atoms with Gasteiger partial charge in [-0.05, 0) is 43.4 Å². The van der Waals surface area contributed by atoms with Gasteiger partial charge in [0.25, 0.3) is 0 Å². The third kappa shape index (κ3) is 3.83. The number of nitrogens with zero attached hydrogens (tertiary/aromatic N) is 1. The molecule has 1 aliphatic heterocycles. The summed E-state index contributed by atoms with van der Waals surface area (Å²) in [5.74, 6) is 0.189. The van der Waals surface area contributed by atoms with E-state index in [-0.39, 0.29) is 11.9 Å². The van der Waals surface area contributed by atoms with Gasteiger partial charge in [-0.25, -0.2) is 0 Å². The predicted molar refractivity (Wildman–Crippen MR) is 84.3 cm³/mol. The Morgan fingerprint density at radius 2 is 2.24 bits per heavy atom. The van der Waals surface area contributed by atoms with Crippen LogP contribution in [0.1, 0.15) is 35.6 Å². The maximum absolute atomic E-state index is 12.4. The molecule has 1 aromatic rings. The molecule has 1 N–H and O–H groups in total. The number of rotatable bonds is 6. The van der Waals surface area contributed by atoms with Crippen molar-refractivity contribution in [2.45, 2.75) is 32.7 Å². The quantitative estimate of drug-likeness (QED) is 0.817. The molecule has 1 atom stereocenters. The molecule has 0 aliphatic carbocycles. The minimum Gasteiger partial charge on any atom is -0.383 e. The van der Waals surface area contributed by atoms with E-state index in [9.17, 15) is 4.79 Å². The summed E-state index contributed by atoms with van der Waals surface area (Å²) in [5.41, 5.74) is 3.91. The Balaban J connectivity index is 2.03. The number of benzene rings is 1. The molecule has 1 saturated heterocycles. The lowest BCUT2D eigenvalue weighted by Crippen LogP contribution is -2.38. The van der Waals surface area contributed by atoms with Crippen LogP contribution in [0, 0.1) is 13.8 Å². The van der Waals surface area contributed by atoms with Crippen molar-refractivity contribution in [3.8, 4) is 0 Å². The number of carbonyl (C=O) groups excluding carboxylic acids is 1. The zero-order valence-corrected chi connectivity index (χ0v) is 13.3. The highest BCUT2D eigenvalue weighted by Crippen LogP contribution is 2.34. The van der Waals surface area contributed by atoms with Crippen molar-refractivity contribution in [1.82, 2.24) is 10.2 Å². The van der Waals surface area contributed by atoms with E-state index in [1.54, 1.807) is 7.11 Å². The SMILES string of the molecule is COCCNCC(=O)N1CCCC1c1cccc(C)c1C. The highest BCUT2D eigenvalue weighted by molar-refractivity contribution is 5.79. The van der Waals surface area contributed by atoms with Gasteiger partial charge in [0.05, 0.1) is 19.2 Å². The smallest absolute Gasteiger partial charge is 0.237 e. The largest absolute Gasteiger partial charge is 0.383 e. The highest BCUT2D eigenvalue weighted by atomic mass is 16.5. The number of aryl methyl sites for hydroxylation is 1. The van der Waals surface area contributed by atoms with E-state index in [1.165, 1.54) is 16.7 Å². The molecule has 2 rings (SSSR count). The summed E-state index contributed by atoms with van der Waals surface area (Å²) < 4.78 is 4.98. The van der Waals surface area contributed by atoms with E-state index in [1.807, 2.05) is 4.90 Å². The molecule has 1 aliphatic rings.